The van der Waals surface area contributed by atoms with E-state index in [1.807, 2.05) is 0 Å². The maximum absolute atomic E-state index is 11.5. The monoisotopic (exact) mass is 605 g/mol. The summed E-state index contributed by atoms with van der Waals surface area (Å²) in [6, 6.07) is 10.1. The highest BCUT2D eigenvalue weighted by Crippen LogP contribution is 2.46. The Balaban J connectivity index is 1.58. The maximum Gasteiger partial charge on any atom is 0.374 e. The number of carbonyl (C=O) groups is 1. The second-order valence-corrected chi connectivity index (χ2v) is 10.5. The van der Waals surface area contributed by atoms with Crippen molar-refractivity contribution in [1.82, 2.24) is 0 Å². The van der Waals surface area contributed by atoms with Crippen molar-refractivity contribution < 1.29 is 69.0 Å². The minimum atomic E-state index is -1.80. The zero-order valence-corrected chi connectivity index (χ0v) is 23.0. The minimum Gasteiger partial charge on any atom is -0.508 e. The van der Waals surface area contributed by atoms with E-state index < -0.39 is 79.6 Å². The average Bonchev–Trinajstić information content (AvgIpc) is 2.97. The quantitative estimate of drug-likeness (QED) is 0.141. The van der Waals surface area contributed by atoms with Gasteiger partial charge in [0.2, 0.25) is 0 Å². The second-order valence-electron chi connectivity index (χ2n) is 10.5. The van der Waals surface area contributed by atoms with Crippen LogP contribution in [0.15, 0.2) is 46.9 Å². The Labute approximate surface area is 244 Å². The van der Waals surface area contributed by atoms with E-state index in [4.69, 9.17) is 23.4 Å². The lowest BCUT2D eigenvalue weighted by Gasteiger charge is -2.46. The Morgan fingerprint density at radius 3 is 2.21 bits per heavy atom. The van der Waals surface area contributed by atoms with Crippen LogP contribution in [0.3, 0.4) is 0 Å². The highest BCUT2D eigenvalue weighted by molar-refractivity contribution is 5.89. The summed E-state index contributed by atoms with van der Waals surface area (Å²) < 4.78 is 28.7. The molecule has 0 amide bonds. The number of ether oxygens (including phenoxy) is 4. The number of aliphatic hydroxyl groups excluding tert-OH is 5. The summed E-state index contributed by atoms with van der Waals surface area (Å²) in [6.45, 7) is 1.85. The van der Waals surface area contributed by atoms with Gasteiger partial charge in [-0.2, -0.15) is 0 Å². The molecule has 3 aromatic rings. The van der Waals surface area contributed by atoms with Crippen LogP contribution in [0.2, 0.25) is 0 Å². The first kappa shape index (κ1) is 30.8. The summed E-state index contributed by atoms with van der Waals surface area (Å²) in [7, 11) is 0. The zero-order chi connectivity index (χ0) is 31.2. The van der Waals surface area contributed by atoms with Crippen molar-refractivity contribution in [1.29, 1.82) is 0 Å². The van der Waals surface area contributed by atoms with Crippen LogP contribution in [-0.4, -0.2) is 109 Å². The van der Waals surface area contributed by atoms with Gasteiger partial charge in [-0.05, 0) is 37.3 Å². The van der Waals surface area contributed by atoms with Gasteiger partial charge in [0.15, 0.2) is 12.4 Å². The fourth-order valence-corrected chi connectivity index (χ4v) is 5.39. The summed E-state index contributed by atoms with van der Waals surface area (Å²) in [5.41, 5.74) is 0.286. The molecule has 14 nitrogen and oxygen atoms in total. The predicted molar refractivity (Wildman–Crippen MR) is 145 cm³/mol. The van der Waals surface area contributed by atoms with Gasteiger partial charge in [0, 0.05) is 19.1 Å². The molecular formula is C29H33O14+. The van der Waals surface area contributed by atoms with Gasteiger partial charge >= 0.3 is 17.3 Å². The number of phenolic OH excluding ortho intramolecular Hbond substituents is 3. The molecule has 2 aromatic carbocycles. The van der Waals surface area contributed by atoms with Crippen molar-refractivity contribution >= 4 is 16.9 Å². The fraction of sp³-hybridized carbons (Fsp3) is 0.448. The largest absolute Gasteiger partial charge is 0.508 e. The number of hydrogen-bond acceptors (Lipinski definition) is 13. The Morgan fingerprint density at radius 1 is 0.884 bits per heavy atom. The number of benzene rings is 2. The van der Waals surface area contributed by atoms with E-state index in [1.54, 1.807) is 18.2 Å². The molecule has 0 unspecified atom stereocenters. The molecular weight excluding hydrogens is 572 g/mol. The number of carbonyl (C=O) groups excluding carboxylic acids is 1. The number of fused-ring (bicyclic) bond motifs is 1. The molecule has 0 bridgehead atoms. The van der Waals surface area contributed by atoms with E-state index in [2.05, 4.69) is 0 Å². The normalized spacial score (nSPS) is 32.9. The summed E-state index contributed by atoms with van der Waals surface area (Å²) >= 11 is 0. The van der Waals surface area contributed by atoms with Gasteiger partial charge in [-0.3, -0.25) is 4.79 Å². The molecule has 0 saturated carbocycles. The summed E-state index contributed by atoms with van der Waals surface area (Å²) in [6.07, 6.45) is -15.3. The van der Waals surface area contributed by atoms with Gasteiger partial charge in [0.1, 0.15) is 70.9 Å². The maximum atomic E-state index is 11.5. The number of aromatic hydroxyl groups is 3. The molecule has 43 heavy (non-hydrogen) atoms. The molecule has 14 heteroatoms. The van der Waals surface area contributed by atoms with E-state index in [-0.39, 0.29) is 33.8 Å². The summed E-state index contributed by atoms with van der Waals surface area (Å²) in [4.78, 5) is 11.5. The zero-order valence-electron chi connectivity index (χ0n) is 23.0. The first-order valence-corrected chi connectivity index (χ1v) is 13.5. The highest BCUT2D eigenvalue weighted by atomic mass is 16.7. The summed E-state index contributed by atoms with van der Waals surface area (Å²) in [5.74, 6) is -1.35. The van der Waals surface area contributed by atoms with E-state index in [0.717, 1.165) is 13.0 Å². The molecule has 0 spiro atoms. The third kappa shape index (κ3) is 5.83. The molecule has 232 valence electrons. The van der Waals surface area contributed by atoms with Crippen molar-refractivity contribution in [3.8, 4) is 28.6 Å². The van der Waals surface area contributed by atoms with Gasteiger partial charge in [-0.25, -0.2) is 4.42 Å². The van der Waals surface area contributed by atoms with Gasteiger partial charge in [-0.1, -0.05) is 0 Å². The third-order valence-corrected chi connectivity index (χ3v) is 7.60. The van der Waals surface area contributed by atoms with Crippen molar-refractivity contribution in [2.75, 3.05) is 6.61 Å². The molecule has 2 saturated heterocycles. The van der Waals surface area contributed by atoms with Crippen molar-refractivity contribution in [3.05, 3.63) is 48.0 Å². The lowest BCUT2D eigenvalue weighted by Crippen LogP contribution is -2.62. The molecule has 2 fully saturated rings. The van der Waals surface area contributed by atoms with Crippen molar-refractivity contribution in [2.24, 2.45) is 0 Å². The van der Waals surface area contributed by atoms with Crippen LogP contribution in [0.1, 0.15) is 25.5 Å². The number of phenols is 3. The lowest BCUT2D eigenvalue weighted by molar-refractivity contribution is -0.338. The van der Waals surface area contributed by atoms with Crippen LogP contribution in [-0.2, 0) is 23.7 Å². The molecule has 1 aromatic heterocycles. The molecule has 10 atom stereocenters. The van der Waals surface area contributed by atoms with E-state index >= 15 is 0 Å². The average molecular weight is 606 g/mol. The molecule has 3 heterocycles. The first-order valence-electron chi connectivity index (χ1n) is 13.5. The lowest BCUT2D eigenvalue weighted by atomic mass is 9.89. The van der Waals surface area contributed by atoms with Gasteiger partial charge < -0.3 is 59.8 Å². The number of esters is 1. The topological polar surface area (TPSA) is 227 Å². The number of rotatable bonds is 6. The van der Waals surface area contributed by atoms with Crippen molar-refractivity contribution in [3.63, 3.8) is 0 Å². The van der Waals surface area contributed by atoms with Crippen molar-refractivity contribution in [2.45, 2.75) is 75.1 Å². The Kier molecular flexibility index (Phi) is 8.74. The van der Waals surface area contributed by atoms with Gasteiger partial charge in [-0.15, -0.1) is 0 Å². The smallest absolute Gasteiger partial charge is 0.374 e. The minimum absolute atomic E-state index is 0.0180. The van der Waals surface area contributed by atoms with Crippen LogP contribution < -0.4 is 0 Å². The van der Waals surface area contributed by atoms with Crippen LogP contribution in [0.5, 0.6) is 17.2 Å². The Hall–Kier alpha value is -3.60. The molecule has 2 aliphatic rings. The molecule has 5 rings (SSSR count). The predicted octanol–water partition coefficient (Wildman–Crippen LogP) is 0.435. The number of aliphatic hydroxyl groups is 5. The Morgan fingerprint density at radius 2 is 1.56 bits per heavy atom. The Bertz CT molecular complexity index is 1460. The molecule has 8 N–H and O–H groups in total. The fourth-order valence-electron chi connectivity index (χ4n) is 5.39. The van der Waals surface area contributed by atoms with Crippen LogP contribution in [0.25, 0.3) is 22.3 Å². The van der Waals surface area contributed by atoms with Crippen LogP contribution in [0, 0.1) is 0 Å². The molecule has 0 radical (unpaired) electrons. The van der Waals surface area contributed by atoms with E-state index in [1.165, 1.54) is 25.1 Å². The van der Waals surface area contributed by atoms with Gasteiger partial charge in [0.05, 0.1) is 18.3 Å². The number of hydrogen-bond donors (Lipinski definition) is 8. The van der Waals surface area contributed by atoms with Gasteiger partial charge in [0.25, 0.3) is 0 Å². The summed E-state index contributed by atoms with van der Waals surface area (Å²) in [5, 5.41) is 84.6. The van der Waals surface area contributed by atoms with Crippen LogP contribution >= 0.6 is 0 Å². The highest BCUT2D eigenvalue weighted by Gasteiger charge is 2.53. The SMILES string of the molecule is CC(=O)O[C@@H]1[C@@H](O)[C@@H](O)[C@H](O[C@@H]2[C@@H](O)[C@H](O)[C@@H](CO)O[C@H]2c2c(O)cc(O)c3ccc(-c4ccc(O)cc4)[o+]c23)O[C@H]1C. The molecule has 0 aliphatic carbocycles. The van der Waals surface area contributed by atoms with Crippen LogP contribution in [0.4, 0.5) is 0 Å². The second kappa shape index (κ2) is 12.2. The van der Waals surface area contributed by atoms with E-state index in [9.17, 15) is 45.6 Å². The van der Waals surface area contributed by atoms with E-state index in [0.29, 0.717) is 5.56 Å². The third-order valence-electron chi connectivity index (χ3n) is 7.60. The standard InChI is InChI=1S/C29H32O14/c1-11-25(40-12(2)31)23(37)24(38)29(39-11)43-28-22(36)21(35)19(10-30)42-27(28)20-17(34)9-16(33)15-7-8-18(41-26(15)20)13-3-5-14(32)6-4-13/h3-9,11,19,21-25,27-30,35-38H,10H2,1-2H3,(H2-,32,33,34)/p+1/t11-,19+,21+,22-,23-,24+,25-,27-,28+,29-/m0/s1. The first-order chi connectivity index (χ1) is 20.4. The molecule has 2 aliphatic heterocycles.